The summed E-state index contributed by atoms with van der Waals surface area (Å²) in [6, 6.07) is 8.16. The van der Waals surface area contributed by atoms with E-state index in [4.69, 9.17) is 5.11 Å². The van der Waals surface area contributed by atoms with Crippen molar-refractivity contribution in [2.24, 2.45) is 11.3 Å². The van der Waals surface area contributed by atoms with Crippen LogP contribution in [0.5, 0.6) is 0 Å². The van der Waals surface area contributed by atoms with E-state index >= 15 is 0 Å². The predicted octanol–water partition coefficient (Wildman–Crippen LogP) is 3.05. The predicted molar refractivity (Wildman–Crippen MR) is 108 cm³/mol. The van der Waals surface area contributed by atoms with Crippen LogP contribution in [0.2, 0.25) is 0 Å². The molecule has 2 aromatic rings. The number of Topliss-reactive ketones (excluding diaryl/α,β-unsaturated/α-hetero) is 1. The molecule has 152 valence electrons. The Balaban J connectivity index is 1.78. The second-order valence-electron chi connectivity index (χ2n) is 8.44. The number of rotatable bonds is 5. The Bertz CT molecular complexity index is 1030. The highest BCUT2D eigenvalue weighted by Gasteiger charge is 2.32. The average Bonchev–Trinajstić information content (AvgIpc) is 2.61. The molecule has 3 N–H and O–H groups in total. The van der Waals surface area contributed by atoms with Crippen LogP contribution in [0.3, 0.4) is 0 Å². The van der Waals surface area contributed by atoms with Gasteiger partial charge in [0.25, 0.3) is 11.5 Å². The summed E-state index contributed by atoms with van der Waals surface area (Å²) in [6.07, 6.45) is 1.32. The summed E-state index contributed by atoms with van der Waals surface area (Å²) in [5.41, 5.74) is 1.41. The zero-order valence-electron chi connectivity index (χ0n) is 16.7. The molecule has 3 rings (SSSR count). The summed E-state index contributed by atoms with van der Waals surface area (Å²) in [5, 5.41) is 11.6. The van der Waals surface area contributed by atoms with Crippen LogP contribution in [-0.4, -0.2) is 27.8 Å². The number of aromatic nitrogens is 1. The lowest BCUT2D eigenvalue weighted by atomic mass is 9.75. The molecular weight excluding hydrogens is 372 g/mol. The van der Waals surface area contributed by atoms with E-state index in [1.807, 2.05) is 13.8 Å². The first-order chi connectivity index (χ1) is 13.6. The van der Waals surface area contributed by atoms with E-state index in [9.17, 15) is 19.2 Å². The number of aliphatic carboxylic acids is 1. The number of nitrogens with one attached hydrogen (secondary N) is 2. The van der Waals surface area contributed by atoms with Crippen molar-refractivity contribution in [3.05, 3.63) is 63.1 Å². The van der Waals surface area contributed by atoms with Crippen LogP contribution < -0.4 is 10.9 Å². The summed E-state index contributed by atoms with van der Waals surface area (Å²) >= 11 is 0. The fourth-order valence-corrected chi connectivity index (χ4v) is 3.56. The van der Waals surface area contributed by atoms with Crippen molar-refractivity contribution in [2.75, 3.05) is 5.32 Å². The van der Waals surface area contributed by atoms with Gasteiger partial charge in [-0.25, -0.2) is 0 Å². The van der Waals surface area contributed by atoms with Gasteiger partial charge in [-0.15, -0.1) is 0 Å². The van der Waals surface area contributed by atoms with E-state index in [-0.39, 0.29) is 16.8 Å². The fourth-order valence-electron chi connectivity index (χ4n) is 3.56. The molecule has 1 aliphatic rings. The molecule has 1 aliphatic carbocycles. The number of fused-ring (bicyclic) bond motifs is 1. The minimum Gasteiger partial charge on any atom is -0.481 e. The number of aromatic amines is 1. The Labute approximate surface area is 168 Å². The van der Waals surface area contributed by atoms with Crippen molar-refractivity contribution < 1.29 is 19.5 Å². The molecule has 1 aromatic heterocycles. The van der Waals surface area contributed by atoms with Gasteiger partial charge in [0.1, 0.15) is 5.56 Å². The number of hydrogen-bond donors (Lipinski definition) is 3. The normalized spacial score (nSPS) is 16.0. The maximum absolute atomic E-state index is 12.6. The molecule has 1 aromatic carbocycles. The van der Waals surface area contributed by atoms with Crippen LogP contribution in [0.1, 0.15) is 59.2 Å². The van der Waals surface area contributed by atoms with Crippen molar-refractivity contribution in [1.82, 2.24) is 4.98 Å². The van der Waals surface area contributed by atoms with Crippen molar-refractivity contribution >= 4 is 23.3 Å². The first-order valence-corrected chi connectivity index (χ1v) is 9.48. The molecule has 0 bridgehead atoms. The highest BCUT2D eigenvalue weighted by Crippen LogP contribution is 2.33. The van der Waals surface area contributed by atoms with Gasteiger partial charge in [-0.3, -0.25) is 19.2 Å². The number of carbonyl (C=O) groups is 3. The lowest BCUT2D eigenvalue weighted by Crippen LogP contribution is -2.32. The summed E-state index contributed by atoms with van der Waals surface area (Å²) in [4.78, 5) is 51.1. The largest absolute Gasteiger partial charge is 0.481 e. The minimum atomic E-state index is -0.869. The highest BCUT2D eigenvalue weighted by molar-refractivity contribution is 6.06. The van der Waals surface area contributed by atoms with Crippen molar-refractivity contribution in [2.45, 2.75) is 40.0 Å². The number of carbonyl (C=O) groups excluding carboxylic acids is 2. The van der Waals surface area contributed by atoms with Crippen LogP contribution >= 0.6 is 0 Å². The van der Waals surface area contributed by atoms with Gasteiger partial charge in [0.15, 0.2) is 5.78 Å². The third kappa shape index (κ3) is 4.62. The number of carboxylic acids is 1. The standard InChI is InChI=1S/C22H24N2O5/c1-12(21(28)29)8-13-4-6-14(7-5-13)23-19(26)16-9-15-17(24-20(16)27)10-22(2,3)11-18(15)25/h4-7,9,12H,8,10-11H2,1-3H3,(H,23,26)(H,24,27)(H,28,29). The molecule has 0 saturated carbocycles. The quantitative estimate of drug-likeness (QED) is 0.718. The first kappa shape index (κ1) is 20.5. The van der Waals surface area contributed by atoms with Gasteiger partial charge in [-0.05, 0) is 42.0 Å². The molecule has 7 heteroatoms. The molecule has 1 heterocycles. The highest BCUT2D eigenvalue weighted by atomic mass is 16.4. The Morgan fingerprint density at radius 3 is 2.45 bits per heavy atom. The van der Waals surface area contributed by atoms with Crippen LogP contribution in [0, 0.1) is 11.3 Å². The Morgan fingerprint density at radius 2 is 1.83 bits per heavy atom. The lowest BCUT2D eigenvalue weighted by molar-refractivity contribution is -0.141. The Morgan fingerprint density at radius 1 is 1.17 bits per heavy atom. The molecule has 1 amide bonds. The number of ketones is 1. The number of amides is 1. The lowest BCUT2D eigenvalue weighted by Gasteiger charge is -2.29. The van der Waals surface area contributed by atoms with Gasteiger partial charge in [-0.2, -0.15) is 0 Å². The SMILES string of the molecule is CC(Cc1ccc(NC(=O)c2cc3c([nH]c2=O)CC(C)(C)CC3=O)cc1)C(=O)O. The van der Waals surface area contributed by atoms with Gasteiger partial charge in [0.05, 0.1) is 5.92 Å². The second kappa shape index (κ2) is 7.66. The monoisotopic (exact) mass is 396 g/mol. The summed E-state index contributed by atoms with van der Waals surface area (Å²) in [5.74, 6) is -2.06. The first-order valence-electron chi connectivity index (χ1n) is 9.48. The van der Waals surface area contributed by atoms with Gasteiger partial charge < -0.3 is 15.4 Å². The van der Waals surface area contributed by atoms with Crippen molar-refractivity contribution in [1.29, 1.82) is 0 Å². The zero-order chi connectivity index (χ0) is 21.3. The van der Waals surface area contributed by atoms with Crippen LogP contribution in [0.4, 0.5) is 5.69 Å². The maximum atomic E-state index is 12.6. The molecule has 0 aliphatic heterocycles. The van der Waals surface area contributed by atoms with Crippen LogP contribution in [-0.2, 0) is 17.6 Å². The number of hydrogen-bond acceptors (Lipinski definition) is 4. The number of anilines is 1. The van der Waals surface area contributed by atoms with Crippen molar-refractivity contribution in [3.8, 4) is 0 Å². The molecule has 7 nitrogen and oxygen atoms in total. The summed E-state index contributed by atoms with van der Waals surface area (Å²) < 4.78 is 0. The maximum Gasteiger partial charge on any atom is 0.306 e. The topological polar surface area (TPSA) is 116 Å². The number of pyridine rings is 1. The third-order valence-electron chi connectivity index (χ3n) is 5.14. The van der Waals surface area contributed by atoms with Crippen LogP contribution in [0.15, 0.2) is 35.1 Å². The number of carboxylic acid groups (broad SMARTS) is 1. The third-order valence-corrected chi connectivity index (χ3v) is 5.14. The average molecular weight is 396 g/mol. The molecule has 0 spiro atoms. The van der Waals surface area contributed by atoms with E-state index in [0.29, 0.717) is 36.2 Å². The van der Waals surface area contributed by atoms with Crippen molar-refractivity contribution in [3.63, 3.8) is 0 Å². The molecule has 0 radical (unpaired) electrons. The minimum absolute atomic E-state index is 0.0848. The molecule has 1 atom stereocenters. The van der Waals surface area contributed by atoms with E-state index in [0.717, 1.165) is 5.56 Å². The molecule has 0 fully saturated rings. The summed E-state index contributed by atoms with van der Waals surface area (Å²) in [6.45, 7) is 5.56. The smallest absolute Gasteiger partial charge is 0.306 e. The molecule has 1 unspecified atom stereocenters. The Kier molecular flexibility index (Phi) is 5.42. The summed E-state index contributed by atoms with van der Waals surface area (Å²) in [7, 11) is 0. The van der Waals surface area contributed by atoms with Gasteiger partial charge in [0.2, 0.25) is 0 Å². The fraction of sp³-hybridized carbons (Fsp3) is 0.364. The van der Waals surface area contributed by atoms with Gasteiger partial charge >= 0.3 is 5.97 Å². The van der Waals surface area contributed by atoms with Crippen LogP contribution in [0.25, 0.3) is 0 Å². The molecule has 0 saturated heterocycles. The molecular formula is C22H24N2O5. The number of H-pyrrole nitrogens is 1. The number of benzene rings is 1. The van der Waals surface area contributed by atoms with E-state index < -0.39 is 23.4 Å². The Hall–Kier alpha value is -3.22. The van der Waals surface area contributed by atoms with Gasteiger partial charge in [0, 0.05) is 23.4 Å². The van der Waals surface area contributed by atoms with E-state index in [1.165, 1.54) is 6.07 Å². The van der Waals surface area contributed by atoms with E-state index in [2.05, 4.69) is 10.3 Å². The van der Waals surface area contributed by atoms with E-state index in [1.54, 1.807) is 31.2 Å². The van der Waals surface area contributed by atoms with Gasteiger partial charge in [-0.1, -0.05) is 32.9 Å². The second-order valence-corrected chi connectivity index (χ2v) is 8.44. The zero-order valence-corrected chi connectivity index (χ0v) is 16.7. The molecule has 29 heavy (non-hydrogen) atoms.